The number of methoxy groups -OCH3 is 1. The minimum atomic E-state index is -0.684. The Balaban J connectivity index is 1.42. The third kappa shape index (κ3) is 5.71. The Kier molecular flexibility index (Phi) is 7.74. The van der Waals surface area contributed by atoms with Crippen molar-refractivity contribution < 1.29 is 14.3 Å². The van der Waals surface area contributed by atoms with E-state index in [-0.39, 0.29) is 5.91 Å². The summed E-state index contributed by atoms with van der Waals surface area (Å²) >= 11 is 0. The summed E-state index contributed by atoms with van der Waals surface area (Å²) in [6.07, 6.45) is 8.73. The van der Waals surface area contributed by atoms with Gasteiger partial charge in [0.1, 0.15) is 11.4 Å². The minimum Gasteiger partial charge on any atom is -0.494 e. The number of carbonyl (C=O) groups excluding carboxylic acids is 1. The smallest absolute Gasteiger partial charge is 0.256 e. The molecule has 0 atom stereocenters. The Morgan fingerprint density at radius 1 is 1.14 bits per heavy atom. The van der Waals surface area contributed by atoms with E-state index in [2.05, 4.69) is 17.1 Å². The number of carbonyl (C=O) groups is 1. The fourth-order valence-corrected chi connectivity index (χ4v) is 4.29. The molecule has 0 bridgehead atoms. The van der Waals surface area contributed by atoms with E-state index in [1.807, 2.05) is 24.3 Å². The predicted octanol–water partition coefficient (Wildman–Crippen LogP) is 4.48. The molecule has 2 aliphatic rings. The van der Waals surface area contributed by atoms with Gasteiger partial charge in [-0.3, -0.25) is 4.79 Å². The zero-order chi connectivity index (χ0) is 19.8. The molecule has 0 radical (unpaired) electrons. The lowest BCUT2D eigenvalue weighted by Crippen LogP contribution is -2.47. The van der Waals surface area contributed by atoms with Crippen molar-refractivity contribution in [3.63, 3.8) is 0 Å². The zero-order valence-corrected chi connectivity index (χ0v) is 17.5. The molecule has 2 fully saturated rings. The van der Waals surface area contributed by atoms with Crippen molar-refractivity contribution in [3.8, 4) is 5.75 Å². The Morgan fingerprint density at radius 3 is 2.46 bits per heavy atom. The van der Waals surface area contributed by atoms with Gasteiger partial charge in [-0.05, 0) is 88.2 Å². The number of nitrogens with one attached hydrogen (secondary N) is 1. The molecule has 1 saturated heterocycles. The molecular formula is C23H36N2O3. The van der Waals surface area contributed by atoms with Gasteiger partial charge in [-0.15, -0.1) is 0 Å². The first kappa shape index (κ1) is 21.1. The van der Waals surface area contributed by atoms with Gasteiger partial charge in [0.2, 0.25) is 0 Å². The van der Waals surface area contributed by atoms with Crippen LogP contribution in [0.15, 0.2) is 24.3 Å². The molecule has 0 spiro atoms. The van der Waals surface area contributed by atoms with Gasteiger partial charge in [-0.25, -0.2) is 0 Å². The second kappa shape index (κ2) is 10.3. The maximum atomic E-state index is 12.8. The van der Waals surface area contributed by atoms with Gasteiger partial charge < -0.3 is 19.7 Å². The van der Waals surface area contributed by atoms with Crippen LogP contribution < -0.4 is 10.1 Å². The Morgan fingerprint density at radius 2 is 1.82 bits per heavy atom. The number of amides is 1. The third-order valence-electron chi connectivity index (χ3n) is 6.33. The number of rotatable bonds is 8. The highest BCUT2D eigenvalue weighted by Gasteiger charge is 2.41. The quantitative estimate of drug-likeness (QED) is 0.667. The Hall–Kier alpha value is -1.59. The highest BCUT2D eigenvalue weighted by Crippen LogP contribution is 2.35. The summed E-state index contributed by atoms with van der Waals surface area (Å²) in [7, 11) is 1.65. The van der Waals surface area contributed by atoms with Crippen LogP contribution in [0.4, 0.5) is 5.69 Å². The standard InChI is InChI=1S/C23H36N2O3/c1-19-11-13-23(27-2,14-12-19)22(26)24-20-7-9-21(10-8-20)28-18-6-17-25-15-4-3-5-16-25/h7-10,19H,3-6,11-18H2,1-2H3,(H,24,26). The second-order valence-electron chi connectivity index (χ2n) is 8.46. The highest BCUT2D eigenvalue weighted by molar-refractivity contribution is 5.97. The van der Waals surface area contributed by atoms with Crippen LogP contribution in [0.5, 0.6) is 5.75 Å². The molecule has 1 aliphatic carbocycles. The van der Waals surface area contributed by atoms with E-state index in [4.69, 9.17) is 9.47 Å². The molecule has 1 aromatic rings. The van der Waals surface area contributed by atoms with Gasteiger partial charge in [0.05, 0.1) is 6.61 Å². The molecule has 5 heteroatoms. The SMILES string of the molecule is COC1(C(=O)Nc2ccc(OCCCN3CCCCC3)cc2)CCC(C)CC1. The van der Waals surface area contributed by atoms with Crippen molar-refractivity contribution in [2.24, 2.45) is 5.92 Å². The number of likely N-dealkylation sites (tertiary alicyclic amines) is 1. The molecule has 1 saturated carbocycles. The number of nitrogens with zero attached hydrogens (tertiary/aromatic N) is 1. The van der Waals surface area contributed by atoms with Gasteiger partial charge in [0.25, 0.3) is 5.91 Å². The molecule has 5 nitrogen and oxygen atoms in total. The van der Waals surface area contributed by atoms with Crippen molar-refractivity contribution in [1.82, 2.24) is 4.90 Å². The van der Waals surface area contributed by atoms with Crippen LogP contribution in [0.1, 0.15) is 58.3 Å². The van der Waals surface area contributed by atoms with E-state index in [1.165, 1.54) is 32.4 Å². The molecule has 3 rings (SSSR count). The van der Waals surface area contributed by atoms with Crippen LogP contribution in [0, 0.1) is 5.92 Å². The van der Waals surface area contributed by atoms with Crippen molar-refractivity contribution in [2.75, 3.05) is 38.7 Å². The number of ether oxygens (including phenoxy) is 2. The molecular weight excluding hydrogens is 352 g/mol. The van der Waals surface area contributed by atoms with E-state index in [0.717, 1.165) is 56.7 Å². The lowest BCUT2D eigenvalue weighted by molar-refractivity contribution is -0.142. The maximum Gasteiger partial charge on any atom is 0.256 e. The molecule has 28 heavy (non-hydrogen) atoms. The normalized spacial score (nSPS) is 26.0. The number of hydrogen-bond acceptors (Lipinski definition) is 4. The minimum absolute atomic E-state index is 0.0305. The third-order valence-corrected chi connectivity index (χ3v) is 6.33. The van der Waals surface area contributed by atoms with Gasteiger partial charge in [0.15, 0.2) is 0 Å². The van der Waals surface area contributed by atoms with E-state index >= 15 is 0 Å². The van der Waals surface area contributed by atoms with Crippen molar-refractivity contribution in [1.29, 1.82) is 0 Å². The topological polar surface area (TPSA) is 50.8 Å². The lowest BCUT2D eigenvalue weighted by Gasteiger charge is -2.36. The van der Waals surface area contributed by atoms with Gasteiger partial charge >= 0.3 is 0 Å². The van der Waals surface area contributed by atoms with E-state index in [1.54, 1.807) is 7.11 Å². The molecule has 0 aromatic heterocycles. The van der Waals surface area contributed by atoms with Gasteiger partial charge in [0, 0.05) is 19.3 Å². The van der Waals surface area contributed by atoms with E-state index in [0.29, 0.717) is 5.92 Å². The monoisotopic (exact) mass is 388 g/mol. The fraction of sp³-hybridized carbons (Fsp3) is 0.696. The summed E-state index contributed by atoms with van der Waals surface area (Å²) in [5.74, 6) is 1.49. The van der Waals surface area contributed by atoms with Crippen molar-refractivity contribution >= 4 is 11.6 Å². The van der Waals surface area contributed by atoms with Gasteiger partial charge in [-0.2, -0.15) is 0 Å². The lowest BCUT2D eigenvalue weighted by atomic mass is 9.79. The first-order chi connectivity index (χ1) is 13.6. The van der Waals surface area contributed by atoms with Crippen LogP contribution in [0.25, 0.3) is 0 Å². The van der Waals surface area contributed by atoms with Crippen LogP contribution in [0.3, 0.4) is 0 Å². The number of hydrogen-bond donors (Lipinski definition) is 1. The number of piperidine rings is 1. The van der Waals surface area contributed by atoms with Crippen LogP contribution in [0.2, 0.25) is 0 Å². The molecule has 1 aromatic carbocycles. The van der Waals surface area contributed by atoms with Crippen LogP contribution >= 0.6 is 0 Å². The molecule has 0 unspecified atom stereocenters. The maximum absolute atomic E-state index is 12.8. The number of benzene rings is 1. The highest BCUT2D eigenvalue weighted by atomic mass is 16.5. The average Bonchev–Trinajstić information content (AvgIpc) is 2.74. The molecule has 1 N–H and O–H groups in total. The molecule has 1 aliphatic heterocycles. The average molecular weight is 389 g/mol. The second-order valence-corrected chi connectivity index (χ2v) is 8.46. The first-order valence-corrected chi connectivity index (χ1v) is 10.9. The molecule has 1 amide bonds. The summed E-state index contributed by atoms with van der Waals surface area (Å²) in [5, 5.41) is 3.03. The summed E-state index contributed by atoms with van der Waals surface area (Å²) in [5.41, 5.74) is 0.108. The number of anilines is 1. The Labute approximate surface area is 169 Å². The van der Waals surface area contributed by atoms with Crippen LogP contribution in [-0.4, -0.2) is 49.8 Å². The molecule has 156 valence electrons. The first-order valence-electron chi connectivity index (χ1n) is 10.9. The Bertz CT molecular complexity index is 603. The van der Waals surface area contributed by atoms with Crippen molar-refractivity contribution in [3.05, 3.63) is 24.3 Å². The summed E-state index contributed by atoms with van der Waals surface area (Å²) in [6, 6.07) is 7.68. The fourth-order valence-electron chi connectivity index (χ4n) is 4.29. The van der Waals surface area contributed by atoms with Gasteiger partial charge in [-0.1, -0.05) is 13.3 Å². The summed E-state index contributed by atoms with van der Waals surface area (Å²) < 4.78 is 11.5. The van der Waals surface area contributed by atoms with Crippen molar-refractivity contribution in [2.45, 2.75) is 63.9 Å². The van der Waals surface area contributed by atoms with E-state index in [9.17, 15) is 4.79 Å². The largest absolute Gasteiger partial charge is 0.494 e. The van der Waals surface area contributed by atoms with Crippen LogP contribution in [-0.2, 0) is 9.53 Å². The van der Waals surface area contributed by atoms with E-state index < -0.39 is 5.60 Å². The summed E-state index contributed by atoms with van der Waals surface area (Å²) in [6.45, 7) is 6.55. The zero-order valence-electron chi connectivity index (χ0n) is 17.5. The molecule has 1 heterocycles. The predicted molar refractivity (Wildman–Crippen MR) is 113 cm³/mol. The summed E-state index contributed by atoms with van der Waals surface area (Å²) in [4.78, 5) is 15.3.